The molecule has 2 aliphatic rings. The van der Waals surface area contributed by atoms with Gasteiger partial charge in [-0.15, -0.1) is 0 Å². The first-order valence-corrected chi connectivity index (χ1v) is 7.47. The third-order valence-electron chi connectivity index (χ3n) is 4.27. The zero-order valence-corrected chi connectivity index (χ0v) is 11.7. The Morgan fingerprint density at radius 1 is 1.45 bits per heavy atom. The highest BCUT2D eigenvalue weighted by Gasteiger charge is 2.29. The first-order chi connectivity index (χ1) is 9.79. The molecule has 2 heterocycles. The molecule has 0 radical (unpaired) electrons. The molecule has 4 heteroatoms. The van der Waals surface area contributed by atoms with Gasteiger partial charge in [0.15, 0.2) is 0 Å². The van der Waals surface area contributed by atoms with Crippen LogP contribution >= 0.6 is 0 Å². The molecule has 1 saturated heterocycles. The maximum Gasteiger partial charge on any atom is 0.254 e. The predicted molar refractivity (Wildman–Crippen MR) is 76.0 cm³/mol. The van der Waals surface area contributed by atoms with Gasteiger partial charge in [-0.2, -0.15) is 0 Å². The van der Waals surface area contributed by atoms with E-state index in [0.29, 0.717) is 6.04 Å². The maximum atomic E-state index is 12.6. The van der Waals surface area contributed by atoms with Crippen molar-refractivity contribution in [3.05, 3.63) is 29.3 Å². The molecule has 3 rings (SSSR count). The van der Waals surface area contributed by atoms with E-state index in [1.807, 2.05) is 23.1 Å². The molecule has 2 aliphatic heterocycles. The number of ether oxygens (including phenoxy) is 1. The van der Waals surface area contributed by atoms with Crippen LogP contribution in [-0.2, 0) is 6.42 Å². The number of benzene rings is 1. The van der Waals surface area contributed by atoms with Crippen LogP contribution in [0.5, 0.6) is 5.75 Å². The van der Waals surface area contributed by atoms with E-state index in [9.17, 15) is 4.79 Å². The predicted octanol–water partition coefficient (Wildman–Crippen LogP) is 2.00. The van der Waals surface area contributed by atoms with Gasteiger partial charge < -0.3 is 14.7 Å². The minimum atomic E-state index is 0.125. The quantitative estimate of drug-likeness (QED) is 0.914. The van der Waals surface area contributed by atoms with Gasteiger partial charge in [0, 0.05) is 31.2 Å². The summed E-state index contributed by atoms with van der Waals surface area (Å²) in [5.41, 5.74) is 1.91. The van der Waals surface area contributed by atoms with Crippen molar-refractivity contribution in [3.63, 3.8) is 0 Å². The summed E-state index contributed by atoms with van der Waals surface area (Å²) in [4.78, 5) is 14.6. The Morgan fingerprint density at radius 3 is 3.20 bits per heavy atom. The molecule has 0 spiro atoms. The van der Waals surface area contributed by atoms with Gasteiger partial charge in [-0.05, 0) is 49.4 Å². The highest BCUT2D eigenvalue weighted by molar-refractivity contribution is 5.95. The fraction of sp³-hybridized carbons (Fsp3) is 0.562. The lowest BCUT2D eigenvalue weighted by molar-refractivity contribution is 0.0724. The number of carbonyl (C=O) groups excluding carboxylic acids is 1. The Bertz CT molecular complexity index is 500. The van der Waals surface area contributed by atoms with Crippen molar-refractivity contribution in [3.8, 4) is 5.75 Å². The Hall–Kier alpha value is -1.55. The van der Waals surface area contributed by atoms with E-state index in [1.54, 1.807) is 0 Å². The molecule has 0 bridgehead atoms. The van der Waals surface area contributed by atoms with Gasteiger partial charge in [-0.25, -0.2) is 0 Å². The molecule has 1 aromatic rings. The Balaban J connectivity index is 1.74. The zero-order valence-electron chi connectivity index (χ0n) is 11.7. The molecule has 1 atom stereocenters. The van der Waals surface area contributed by atoms with Crippen LogP contribution in [0.15, 0.2) is 18.2 Å². The van der Waals surface area contributed by atoms with Gasteiger partial charge in [0.2, 0.25) is 0 Å². The maximum absolute atomic E-state index is 12.6. The molecule has 1 fully saturated rings. The number of aliphatic hydroxyl groups excluding tert-OH is 1. The Morgan fingerprint density at radius 2 is 2.35 bits per heavy atom. The molecule has 0 aromatic heterocycles. The van der Waals surface area contributed by atoms with Crippen molar-refractivity contribution in [1.82, 2.24) is 4.90 Å². The first kappa shape index (κ1) is 13.4. The number of carbonyl (C=O) groups is 1. The van der Waals surface area contributed by atoms with E-state index in [4.69, 9.17) is 9.84 Å². The lowest BCUT2D eigenvalue weighted by Crippen LogP contribution is -2.35. The van der Waals surface area contributed by atoms with E-state index >= 15 is 0 Å². The molecule has 4 nitrogen and oxygen atoms in total. The van der Waals surface area contributed by atoms with Crippen LogP contribution in [0, 0.1) is 0 Å². The van der Waals surface area contributed by atoms with Crippen molar-refractivity contribution in [2.45, 2.75) is 38.1 Å². The SMILES string of the molecule is O=C(c1ccc2c(c1)CCO2)N1CCCC1CCCO. The molecule has 108 valence electrons. The summed E-state index contributed by atoms with van der Waals surface area (Å²) in [5.74, 6) is 1.04. The summed E-state index contributed by atoms with van der Waals surface area (Å²) in [7, 11) is 0. The average molecular weight is 275 g/mol. The third kappa shape index (κ3) is 2.52. The molecule has 1 amide bonds. The average Bonchev–Trinajstić information content (AvgIpc) is 3.12. The lowest BCUT2D eigenvalue weighted by atomic mass is 10.1. The van der Waals surface area contributed by atoms with E-state index in [2.05, 4.69) is 0 Å². The van der Waals surface area contributed by atoms with Gasteiger partial charge in [0.25, 0.3) is 5.91 Å². The van der Waals surface area contributed by atoms with Gasteiger partial charge >= 0.3 is 0 Å². The topological polar surface area (TPSA) is 49.8 Å². The largest absolute Gasteiger partial charge is 0.493 e. The first-order valence-electron chi connectivity index (χ1n) is 7.47. The number of amides is 1. The van der Waals surface area contributed by atoms with Crippen LogP contribution < -0.4 is 4.74 Å². The van der Waals surface area contributed by atoms with Crippen molar-refractivity contribution in [2.75, 3.05) is 19.8 Å². The van der Waals surface area contributed by atoms with E-state index < -0.39 is 0 Å². The minimum absolute atomic E-state index is 0.125. The second-order valence-corrected chi connectivity index (χ2v) is 5.58. The minimum Gasteiger partial charge on any atom is -0.493 e. The number of hydrogen-bond acceptors (Lipinski definition) is 3. The van der Waals surface area contributed by atoms with Crippen molar-refractivity contribution in [1.29, 1.82) is 0 Å². The summed E-state index contributed by atoms with van der Waals surface area (Å²) in [5, 5.41) is 8.96. The van der Waals surface area contributed by atoms with Crippen LogP contribution in [0.1, 0.15) is 41.6 Å². The van der Waals surface area contributed by atoms with Crippen LogP contribution in [0.3, 0.4) is 0 Å². The van der Waals surface area contributed by atoms with Crippen molar-refractivity contribution in [2.24, 2.45) is 0 Å². The highest BCUT2D eigenvalue weighted by atomic mass is 16.5. The zero-order chi connectivity index (χ0) is 13.9. The lowest BCUT2D eigenvalue weighted by Gasteiger charge is -2.24. The van der Waals surface area contributed by atoms with Gasteiger partial charge in [0.05, 0.1) is 6.61 Å². The number of fused-ring (bicyclic) bond motifs is 1. The van der Waals surface area contributed by atoms with Crippen LogP contribution in [0.2, 0.25) is 0 Å². The van der Waals surface area contributed by atoms with E-state index in [0.717, 1.165) is 62.1 Å². The summed E-state index contributed by atoms with van der Waals surface area (Å²) in [6.45, 7) is 1.76. The fourth-order valence-electron chi connectivity index (χ4n) is 3.22. The van der Waals surface area contributed by atoms with Crippen molar-refractivity contribution >= 4 is 5.91 Å². The molecule has 1 N–H and O–H groups in total. The standard InChI is InChI=1S/C16H21NO3/c18-9-2-4-14-3-1-8-17(14)16(19)13-5-6-15-12(11-13)7-10-20-15/h5-6,11,14,18H,1-4,7-10H2. The number of nitrogens with zero attached hydrogens (tertiary/aromatic N) is 1. The molecule has 0 aliphatic carbocycles. The van der Waals surface area contributed by atoms with Gasteiger partial charge in [-0.1, -0.05) is 0 Å². The molecule has 0 saturated carbocycles. The Kier molecular flexibility index (Phi) is 3.92. The Labute approximate surface area is 119 Å². The number of rotatable bonds is 4. The summed E-state index contributed by atoms with van der Waals surface area (Å²) in [6.07, 6.45) is 4.68. The molecule has 1 unspecified atom stereocenters. The summed E-state index contributed by atoms with van der Waals surface area (Å²) in [6, 6.07) is 6.05. The molecular formula is C16H21NO3. The molecule has 1 aromatic carbocycles. The fourth-order valence-corrected chi connectivity index (χ4v) is 3.22. The number of likely N-dealkylation sites (tertiary alicyclic amines) is 1. The molecule has 20 heavy (non-hydrogen) atoms. The number of hydrogen-bond donors (Lipinski definition) is 1. The van der Waals surface area contributed by atoms with Crippen LogP contribution in [0.25, 0.3) is 0 Å². The smallest absolute Gasteiger partial charge is 0.254 e. The summed E-state index contributed by atoms with van der Waals surface area (Å²) >= 11 is 0. The van der Waals surface area contributed by atoms with E-state index in [1.165, 1.54) is 0 Å². The van der Waals surface area contributed by atoms with Crippen LogP contribution in [0.4, 0.5) is 0 Å². The van der Waals surface area contributed by atoms with Gasteiger partial charge in [-0.3, -0.25) is 4.79 Å². The molecular weight excluding hydrogens is 254 g/mol. The highest BCUT2D eigenvalue weighted by Crippen LogP contribution is 2.28. The summed E-state index contributed by atoms with van der Waals surface area (Å²) < 4.78 is 5.48. The second-order valence-electron chi connectivity index (χ2n) is 5.58. The third-order valence-corrected chi connectivity index (χ3v) is 4.27. The van der Waals surface area contributed by atoms with Crippen LogP contribution in [-0.4, -0.2) is 41.7 Å². The van der Waals surface area contributed by atoms with Gasteiger partial charge in [0.1, 0.15) is 5.75 Å². The van der Waals surface area contributed by atoms with E-state index in [-0.39, 0.29) is 12.5 Å². The monoisotopic (exact) mass is 275 g/mol. The normalized spacial score (nSPS) is 20.9. The second kappa shape index (κ2) is 5.83. The number of aliphatic hydroxyl groups is 1. The van der Waals surface area contributed by atoms with Crippen molar-refractivity contribution < 1.29 is 14.6 Å².